The second kappa shape index (κ2) is 5.61. The molecular weight excluding hydrogens is 243 g/mol. The fourth-order valence-corrected chi connectivity index (χ4v) is 1.98. The maximum absolute atomic E-state index is 13.2. The van der Waals surface area contributed by atoms with Gasteiger partial charge in [-0.2, -0.15) is 0 Å². The normalized spacial score (nSPS) is 10.3. The summed E-state index contributed by atoms with van der Waals surface area (Å²) in [5.41, 5.74) is 8.38. The Hall–Kier alpha value is -2.23. The quantitative estimate of drug-likeness (QED) is 0.859. The SMILES string of the molecule is COc1ccc(N)c(N(C)Cc2cccc(F)c2)c1. The van der Waals surface area contributed by atoms with Gasteiger partial charge in [-0.25, -0.2) is 4.39 Å². The molecule has 0 atom stereocenters. The van der Waals surface area contributed by atoms with Crippen molar-refractivity contribution in [2.45, 2.75) is 6.54 Å². The first-order chi connectivity index (χ1) is 9.10. The third-order valence-electron chi connectivity index (χ3n) is 2.96. The summed E-state index contributed by atoms with van der Waals surface area (Å²) in [5, 5.41) is 0. The molecule has 0 radical (unpaired) electrons. The van der Waals surface area contributed by atoms with Crippen molar-refractivity contribution in [2.24, 2.45) is 0 Å². The van der Waals surface area contributed by atoms with E-state index in [0.29, 0.717) is 12.2 Å². The second-order valence-electron chi connectivity index (χ2n) is 4.41. The van der Waals surface area contributed by atoms with E-state index in [1.54, 1.807) is 19.2 Å². The van der Waals surface area contributed by atoms with Gasteiger partial charge in [0.1, 0.15) is 11.6 Å². The minimum Gasteiger partial charge on any atom is -0.497 e. The van der Waals surface area contributed by atoms with Crippen molar-refractivity contribution in [3.8, 4) is 5.75 Å². The zero-order valence-electron chi connectivity index (χ0n) is 11.1. The summed E-state index contributed by atoms with van der Waals surface area (Å²) in [6.45, 7) is 0.578. The molecule has 2 rings (SSSR count). The number of hydrogen-bond donors (Lipinski definition) is 1. The van der Waals surface area contributed by atoms with Crippen molar-refractivity contribution in [2.75, 3.05) is 24.8 Å². The van der Waals surface area contributed by atoms with Gasteiger partial charge in [0.05, 0.1) is 18.5 Å². The van der Waals surface area contributed by atoms with Crippen LogP contribution in [-0.2, 0) is 6.54 Å². The average Bonchev–Trinajstić information content (AvgIpc) is 2.39. The number of nitrogens with zero attached hydrogens (tertiary/aromatic N) is 1. The molecule has 0 spiro atoms. The first-order valence-electron chi connectivity index (χ1n) is 5.99. The fraction of sp³-hybridized carbons (Fsp3) is 0.200. The predicted molar refractivity (Wildman–Crippen MR) is 75.9 cm³/mol. The highest BCUT2D eigenvalue weighted by atomic mass is 19.1. The van der Waals surface area contributed by atoms with E-state index in [2.05, 4.69) is 0 Å². The summed E-state index contributed by atoms with van der Waals surface area (Å²) in [5.74, 6) is 0.514. The smallest absolute Gasteiger partial charge is 0.123 e. The number of methoxy groups -OCH3 is 1. The van der Waals surface area contributed by atoms with Crippen LogP contribution in [0.2, 0.25) is 0 Å². The lowest BCUT2D eigenvalue weighted by Gasteiger charge is -2.21. The van der Waals surface area contributed by atoms with Gasteiger partial charge in [0.2, 0.25) is 0 Å². The van der Waals surface area contributed by atoms with E-state index in [4.69, 9.17) is 10.5 Å². The number of hydrogen-bond acceptors (Lipinski definition) is 3. The molecule has 0 saturated heterocycles. The molecule has 0 aliphatic heterocycles. The molecule has 0 fully saturated rings. The minimum absolute atomic E-state index is 0.232. The topological polar surface area (TPSA) is 38.5 Å². The second-order valence-corrected chi connectivity index (χ2v) is 4.41. The molecule has 0 bridgehead atoms. The Morgan fingerprint density at radius 1 is 1.21 bits per heavy atom. The van der Waals surface area contributed by atoms with Crippen molar-refractivity contribution >= 4 is 11.4 Å². The van der Waals surface area contributed by atoms with Crippen LogP contribution >= 0.6 is 0 Å². The van der Waals surface area contributed by atoms with Crippen molar-refractivity contribution in [1.82, 2.24) is 0 Å². The molecule has 0 aromatic heterocycles. The van der Waals surface area contributed by atoms with Crippen LogP contribution in [0.5, 0.6) is 5.75 Å². The molecule has 0 aliphatic rings. The maximum Gasteiger partial charge on any atom is 0.123 e. The fourth-order valence-electron chi connectivity index (χ4n) is 1.98. The Bertz CT molecular complexity index is 572. The third-order valence-corrected chi connectivity index (χ3v) is 2.96. The number of nitrogen functional groups attached to an aromatic ring is 1. The van der Waals surface area contributed by atoms with Crippen molar-refractivity contribution in [3.05, 3.63) is 53.8 Å². The van der Waals surface area contributed by atoms with Gasteiger partial charge in [-0.15, -0.1) is 0 Å². The largest absolute Gasteiger partial charge is 0.497 e. The highest BCUT2D eigenvalue weighted by Crippen LogP contribution is 2.28. The van der Waals surface area contributed by atoms with E-state index >= 15 is 0 Å². The standard InChI is InChI=1S/C15H17FN2O/c1-18(10-11-4-3-5-12(16)8-11)15-9-13(19-2)6-7-14(15)17/h3-9H,10,17H2,1-2H3. The van der Waals surface area contributed by atoms with Gasteiger partial charge in [-0.1, -0.05) is 12.1 Å². The highest BCUT2D eigenvalue weighted by Gasteiger charge is 2.08. The number of nitrogens with two attached hydrogens (primary N) is 1. The van der Waals surface area contributed by atoms with Crippen LogP contribution in [0, 0.1) is 5.82 Å². The summed E-state index contributed by atoms with van der Waals surface area (Å²) < 4.78 is 18.3. The molecule has 4 heteroatoms. The lowest BCUT2D eigenvalue weighted by molar-refractivity contribution is 0.415. The molecular formula is C15H17FN2O. The lowest BCUT2D eigenvalue weighted by atomic mass is 10.2. The van der Waals surface area contributed by atoms with Crippen LogP contribution in [0.1, 0.15) is 5.56 Å². The molecule has 0 heterocycles. The molecule has 2 aromatic rings. The van der Waals surface area contributed by atoms with Crippen LogP contribution in [0.15, 0.2) is 42.5 Å². The van der Waals surface area contributed by atoms with Crippen molar-refractivity contribution in [3.63, 3.8) is 0 Å². The van der Waals surface area contributed by atoms with Crippen LogP contribution in [0.25, 0.3) is 0 Å². The van der Waals surface area contributed by atoms with Crippen LogP contribution in [0.3, 0.4) is 0 Å². The van der Waals surface area contributed by atoms with Gasteiger partial charge in [-0.3, -0.25) is 0 Å². The average molecular weight is 260 g/mol. The van der Waals surface area contributed by atoms with Crippen molar-refractivity contribution < 1.29 is 9.13 Å². The van der Waals surface area contributed by atoms with Crippen LogP contribution in [-0.4, -0.2) is 14.2 Å². The number of benzene rings is 2. The molecule has 0 aliphatic carbocycles. The Morgan fingerprint density at radius 3 is 2.68 bits per heavy atom. The van der Waals surface area contributed by atoms with Crippen LogP contribution < -0.4 is 15.4 Å². The number of ether oxygens (including phenoxy) is 1. The maximum atomic E-state index is 13.2. The van der Waals surface area contributed by atoms with Gasteiger partial charge in [-0.05, 0) is 29.8 Å². The van der Waals surface area contributed by atoms with Gasteiger partial charge in [0.15, 0.2) is 0 Å². The van der Waals surface area contributed by atoms with Crippen molar-refractivity contribution in [1.29, 1.82) is 0 Å². The lowest BCUT2D eigenvalue weighted by Crippen LogP contribution is -2.17. The molecule has 0 unspecified atom stereocenters. The summed E-state index contributed by atoms with van der Waals surface area (Å²) in [6.07, 6.45) is 0. The monoisotopic (exact) mass is 260 g/mol. The first-order valence-corrected chi connectivity index (χ1v) is 5.99. The third kappa shape index (κ3) is 3.16. The summed E-state index contributed by atoms with van der Waals surface area (Å²) in [6, 6.07) is 12.0. The Kier molecular flexibility index (Phi) is 3.90. The van der Waals surface area contributed by atoms with E-state index in [-0.39, 0.29) is 5.82 Å². The van der Waals surface area contributed by atoms with E-state index in [9.17, 15) is 4.39 Å². The van der Waals surface area contributed by atoms with E-state index in [1.807, 2.05) is 30.1 Å². The Morgan fingerprint density at radius 2 is 2.00 bits per heavy atom. The summed E-state index contributed by atoms with van der Waals surface area (Å²) >= 11 is 0. The minimum atomic E-state index is -0.232. The molecule has 2 aromatic carbocycles. The zero-order chi connectivity index (χ0) is 13.8. The van der Waals surface area contributed by atoms with E-state index < -0.39 is 0 Å². The molecule has 2 N–H and O–H groups in total. The zero-order valence-corrected chi connectivity index (χ0v) is 11.1. The van der Waals surface area contributed by atoms with Gasteiger partial charge < -0.3 is 15.4 Å². The summed E-state index contributed by atoms with van der Waals surface area (Å²) in [7, 11) is 3.53. The number of rotatable bonds is 4. The predicted octanol–water partition coefficient (Wildman–Crippen LogP) is 3.05. The first kappa shape index (κ1) is 13.2. The van der Waals surface area contributed by atoms with Crippen LogP contribution in [0.4, 0.5) is 15.8 Å². The molecule has 3 nitrogen and oxygen atoms in total. The number of anilines is 2. The van der Waals surface area contributed by atoms with E-state index in [0.717, 1.165) is 17.0 Å². The van der Waals surface area contributed by atoms with E-state index in [1.165, 1.54) is 12.1 Å². The number of halogens is 1. The van der Waals surface area contributed by atoms with Gasteiger partial charge in [0, 0.05) is 19.7 Å². The molecule has 100 valence electrons. The Labute approximate surface area is 112 Å². The Balaban J connectivity index is 2.22. The highest BCUT2D eigenvalue weighted by molar-refractivity contribution is 5.69. The van der Waals surface area contributed by atoms with Gasteiger partial charge >= 0.3 is 0 Å². The van der Waals surface area contributed by atoms with Gasteiger partial charge in [0.25, 0.3) is 0 Å². The molecule has 19 heavy (non-hydrogen) atoms. The molecule has 0 saturated carbocycles. The molecule has 0 amide bonds. The summed E-state index contributed by atoms with van der Waals surface area (Å²) in [4.78, 5) is 1.96.